The zero-order valence-corrected chi connectivity index (χ0v) is 11.0. The molecule has 19 heavy (non-hydrogen) atoms. The molecule has 1 N–H and O–H groups in total. The van der Waals surface area contributed by atoms with Crippen molar-refractivity contribution >= 4 is 12.0 Å². The molecule has 0 radical (unpaired) electrons. The summed E-state index contributed by atoms with van der Waals surface area (Å²) in [4.78, 5) is 14.8. The predicted octanol–water partition coefficient (Wildman–Crippen LogP) is 2.65. The lowest BCUT2D eigenvalue weighted by molar-refractivity contribution is -0.131. The number of nitrogens with zero attached hydrogens (tertiary/aromatic N) is 2. The Balaban J connectivity index is 2.20. The van der Waals surface area contributed by atoms with E-state index in [9.17, 15) is 4.79 Å². The van der Waals surface area contributed by atoms with E-state index < -0.39 is 5.97 Å². The fourth-order valence-corrected chi connectivity index (χ4v) is 1.86. The number of carbonyl (C=O) groups is 1. The van der Waals surface area contributed by atoms with Crippen LogP contribution in [-0.2, 0) is 11.3 Å². The normalized spacial score (nSPS) is 11.1. The topological polar surface area (TPSA) is 55.1 Å². The molecule has 0 unspecified atom stereocenters. The summed E-state index contributed by atoms with van der Waals surface area (Å²) in [6, 6.07) is 7.81. The SMILES string of the molecule is Cc1ncn(Cc2cccc(/C=C/C(=O)O)c2)c1C. The van der Waals surface area contributed by atoms with Crippen LogP contribution < -0.4 is 0 Å². The molecular weight excluding hydrogens is 240 g/mol. The van der Waals surface area contributed by atoms with Gasteiger partial charge in [-0.15, -0.1) is 0 Å². The van der Waals surface area contributed by atoms with Gasteiger partial charge in [0.25, 0.3) is 0 Å². The number of hydrogen-bond donors (Lipinski definition) is 1. The molecule has 4 nitrogen and oxygen atoms in total. The van der Waals surface area contributed by atoms with Crippen LogP contribution in [0.2, 0.25) is 0 Å². The van der Waals surface area contributed by atoms with Crippen LogP contribution in [0.3, 0.4) is 0 Å². The first-order chi connectivity index (χ1) is 9.06. The average Bonchev–Trinajstić information content (AvgIpc) is 2.69. The maximum absolute atomic E-state index is 10.5. The number of benzene rings is 1. The fourth-order valence-electron chi connectivity index (χ4n) is 1.86. The Morgan fingerprint density at radius 2 is 2.21 bits per heavy atom. The largest absolute Gasteiger partial charge is 0.478 e. The number of aliphatic carboxylic acids is 1. The van der Waals surface area contributed by atoms with E-state index in [2.05, 4.69) is 9.55 Å². The number of rotatable bonds is 4. The summed E-state index contributed by atoms with van der Waals surface area (Å²) in [5.41, 5.74) is 4.18. The lowest BCUT2D eigenvalue weighted by atomic mass is 10.1. The first-order valence-electron chi connectivity index (χ1n) is 6.04. The Labute approximate surface area is 112 Å². The second-order valence-corrected chi connectivity index (χ2v) is 4.46. The van der Waals surface area contributed by atoms with Gasteiger partial charge in [-0.2, -0.15) is 0 Å². The predicted molar refractivity (Wildman–Crippen MR) is 73.9 cm³/mol. The number of aryl methyl sites for hydroxylation is 1. The standard InChI is InChI=1S/C15H16N2O2/c1-11-12(2)17(10-16-11)9-14-5-3-4-13(8-14)6-7-15(18)19/h3-8,10H,9H2,1-2H3,(H,18,19)/b7-6+. The van der Waals surface area contributed by atoms with Gasteiger partial charge in [-0.25, -0.2) is 9.78 Å². The first kappa shape index (κ1) is 13.1. The highest BCUT2D eigenvalue weighted by molar-refractivity contribution is 5.85. The van der Waals surface area contributed by atoms with E-state index in [1.165, 1.54) is 0 Å². The van der Waals surface area contributed by atoms with Gasteiger partial charge in [-0.1, -0.05) is 18.2 Å². The zero-order chi connectivity index (χ0) is 13.8. The molecule has 1 heterocycles. The van der Waals surface area contributed by atoms with Gasteiger partial charge in [0.1, 0.15) is 0 Å². The van der Waals surface area contributed by atoms with E-state index >= 15 is 0 Å². The molecule has 4 heteroatoms. The van der Waals surface area contributed by atoms with Crippen molar-refractivity contribution in [1.29, 1.82) is 0 Å². The van der Waals surface area contributed by atoms with Gasteiger partial charge < -0.3 is 9.67 Å². The van der Waals surface area contributed by atoms with Gasteiger partial charge in [0.2, 0.25) is 0 Å². The molecule has 98 valence electrons. The molecule has 2 aromatic rings. The summed E-state index contributed by atoms with van der Waals surface area (Å²) in [7, 11) is 0. The number of carboxylic acid groups (broad SMARTS) is 1. The maximum Gasteiger partial charge on any atom is 0.328 e. The fraction of sp³-hybridized carbons (Fsp3) is 0.200. The summed E-state index contributed by atoms with van der Waals surface area (Å²) >= 11 is 0. The molecule has 0 aliphatic carbocycles. The number of aromatic nitrogens is 2. The molecule has 0 saturated carbocycles. The highest BCUT2D eigenvalue weighted by atomic mass is 16.4. The number of carboxylic acids is 1. The summed E-state index contributed by atoms with van der Waals surface area (Å²) in [6.45, 7) is 4.76. The van der Waals surface area contributed by atoms with Crippen molar-refractivity contribution in [1.82, 2.24) is 9.55 Å². The average molecular weight is 256 g/mol. The van der Waals surface area contributed by atoms with Crippen molar-refractivity contribution in [2.24, 2.45) is 0 Å². The smallest absolute Gasteiger partial charge is 0.328 e. The van der Waals surface area contributed by atoms with Crippen molar-refractivity contribution in [3.63, 3.8) is 0 Å². The second kappa shape index (κ2) is 5.52. The Bertz CT molecular complexity index is 627. The Morgan fingerprint density at radius 1 is 1.42 bits per heavy atom. The third kappa shape index (κ3) is 3.31. The molecule has 0 aliphatic heterocycles. The summed E-state index contributed by atoms with van der Waals surface area (Å²) in [5, 5.41) is 8.62. The minimum atomic E-state index is -0.938. The Hall–Kier alpha value is -2.36. The van der Waals surface area contributed by atoms with Crippen LogP contribution in [0, 0.1) is 13.8 Å². The number of hydrogen-bond acceptors (Lipinski definition) is 2. The molecule has 0 aliphatic rings. The van der Waals surface area contributed by atoms with Gasteiger partial charge in [-0.3, -0.25) is 0 Å². The maximum atomic E-state index is 10.5. The summed E-state index contributed by atoms with van der Waals surface area (Å²) in [6.07, 6.45) is 4.56. The lowest BCUT2D eigenvalue weighted by Gasteiger charge is -2.06. The molecule has 1 aromatic carbocycles. The van der Waals surface area contributed by atoms with E-state index in [0.29, 0.717) is 0 Å². The highest BCUT2D eigenvalue weighted by Crippen LogP contribution is 2.11. The third-order valence-corrected chi connectivity index (χ3v) is 3.07. The van der Waals surface area contributed by atoms with E-state index in [4.69, 9.17) is 5.11 Å². The number of imidazole rings is 1. The molecule has 1 aromatic heterocycles. The third-order valence-electron chi connectivity index (χ3n) is 3.07. The van der Waals surface area contributed by atoms with Gasteiger partial charge in [0, 0.05) is 18.3 Å². The molecule has 0 fully saturated rings. The van der Waals surface area contributed by atoms with Crippen LogP contribution in [-0.4, -0.2) is 20.6 Å². The van der Waals surface area contributed by atoms with Crippen molar-refractivity contribution in [2.75, 3.05) is 0 Å². The van der Waals surface area contributed by atoms with Crippen molar-refractivity contribution in [2.45, 2.75) is 20.4 Å². The molecule has 0 bridgehead atoms. The van der Waals surface area contributed by atoms with Crippen LogP contribution in [0.5, 0.6) is 0 Å². The minimum Gasteiger partial charge on any atom is -0.478 e. The van der Waals surface area contributed by atoms with Gasteiger partial charge in [0.15, 0.2) is 0 Å². The van der Waals surface area contributed by atoms with Crippen LogP contribution in [0.25, 0.3) is 6.08 Å². The van der Waals surface area contributed by atoms with Crippen LogP contribution >= 0.6 is 0 Å². The summed E-state index contributed by atoms with van der Waals surface area (Å²) < 4.78 is 2.08. The quantitative estimate of drug-likeness (QED) is 0.855. The minimum absolute atomic E-state index is 0.738. The molecule has 0 amide bonds. The van der Waals surface area contributed by atoms with Crippen LogP contribution in [0.1, 0.15) is 22.5 Å². The van der Waals surface area contributed by atoms with E-state index in [1.807, 2.05) is 44.4 Å². The first-order valence-corrected chi connectivity index (χ1v) is 6.04. The van der Waals surface area contributed by atoms with E-state index in [0.717, 1.165) is 35.1 Å². The van der Waals surface area contributed by atoms with E-state index in [1.54, 1.807) is 6.08 Å². The molecule has 0 atom stereocenters. The Morgan fingerprint density at radius 3 is 2.84 bits per heavy atom. The van der Waals surface area contributed by atoms with Gasteiger partial charge >= 0.3 is 5.97 Å². The van der Waals surface area contributed by atoms with Crippen molar-refractivity contribution in [3.8, 4) is 0 Å². The van der Waals surface area contributed by atoms with Crippen LogP contribution in [0.4, 0.5) is 0 Å². The van der Waals surface area contributed by atoms with Gasteiger partial charge in [0.05, 0.1) is 12.0 Å². The van der Waals surface area contributed by atoms with E-state index in [-0.39, 0.29) is 0 Å². The van der Waals surface area contributed by atoms with Crippen molar-refractivity contribution in [3.05, 3.63) is 59.2 Å². The van der Waals surface area contributed by atoms with Crippen LogP contribution in [0.15, 0.2) is 36.7 Å². The lowest BCUT2D eigenvalue weighted by Crippen LogP contribution is -2.00. The Kier molecular flexibility index (Phi) is 3.80. The summed E-state index contributed by atoms with van der Waals surface area (Å²) in [5.74, 6) is -0.938. The van der Waals surface area contributed by atoms with Crippen molar-refractivity contribution < 1.29 is 9.90 Å². The molecule has 0 spiro atoms. The zero-order valence-electron chi connectivity index (χ0n) is 11.0. The molecule has 0 saturated heterocycles. The monoisotopic (exact) mass is 256 g/mol. The highest BCUT2D eigenvalue weighted by Gasteiger charge is 2.03. The molecule has 2 rings (SSSR count). The molecular formula is C15H16N2O2. The van der Waals surface area contributed by atoms with Gasteiger partial charge in [-0.05, 0) is 37.1 Å². The second-order valence-electron chi connectivity index (χ2n) is 4.46.